The van der Waals surface area contributed by atoms with Crippen LogP contribution in [0.25, 0.3) is 0 Å². The highest BCUT2D eigenvalue weighted by Crippen LogP contribution is 1.98. The second-order valence-electron chi connectivity index (χ2n) is 3.70. The Bertz CT molecular complexity index is 342. The highest BCUT2D eigenvalue weighted by Gasteiger charge is 2.20. The molecule has 0 aliphatic rings. The van der Waals surface area contributed by atoms with Gasteiger partial charge in [-0.3, -0.25) is 14.4 Å². The van der Waals surface area contributed by atoms with Crippen LogP contribution < -0.4 is 16.4 Å². The Hall–Kier alpha value is -2.12. The van der Waals surface area contributed by atoms with E-state index in [9.17, 15) is 19.2 Å². The highest BCUT2D eigenvalue weighted by atomic mass is 16.4. The van der Waals surface area contributed by atoms with Gasteiger partial charge in [0.1, 0.15) is 6.04 Å². The minimum Gasteiger partial charge on any atom is -0.480 e. The first kappa shape index (κ1) is 15.9. The van der Waals surface area contributed by atoms with Gasteiger partial charge in [0.25, 0.3) is 0 Å². The van der Waals surface area contributed by atoms with Crippen molar-refractivity contribution >= 4 is 23.7 Å². The summed E-state index contributed by atoms with van der Waals surface area (Å²) in [5.74, 6) is -2.65. The van der Waals surface area contributed by atoms with Gasteiger partial charge < -0.3 is 21.5 Å². The smallest absolute Gasteiger partial charge is 0.326 e. The molecule has 0 aromatic heterocycles. The van der Waals surface area contributed by atoms with E-state index in [1.165, 1.54) is 6.92 Å². The predicted molar refractivity (Wildman–Crippen MR) is 61.3 cm³/mol. The molecule has 8 nitrogen and oxygen atoms in total. The molecule has 8 heteroatoms. The first-order chi connectivity index (χ1) is 8.32. The second kappa shape index (κ2) is 8.04. The van der Waals surface area contributed by atoms with Gasteiger partial charge in [0.2, 0.25) is 17.7 Å². The average Bonchev–Trinajstić information content (AvgIpc) is 2.22. The number of amides is 3. The topological polar surface area (TPSA) is 139 Å². The van der Waals surface area contributed by atoms with Gasteiger partial charge in [0.15, 0.2) is 0 Å². The van der Waals surface area contributed by atoms with Crippen molar-refractivity contribution in [1.29, 1.82) is 0 Å². The number of primary amides is 1. The van der Waals surface area contributed by atoms with E-state index in [0.717, 1.165) is 0 Å². The Labute approximate surface area is 104 Å². The third-order valence-corrected chi connectivity index (χ3v) is 2.04. The number of carbonyl (C=O) groups is 4. The summed E-state index contributed by atoms with van der Waals surface area (Å²) in [6.45, 7) is 1.44. The molecule has 5 N–H and O–H groups in total. The molecule has 0 aliphatic heterocycles. The normalized spacial score (nSPS) is 11.4. The molecule has 0 saturated carbocycles. The van der Waals surface area contributed by atoms with Crippen molar-refractivity contribution in [3.63, 3.8) is 0 Å². The number of rotatable bonds is 8. The van der Waals surface area contributed by atoms with Gasteiger partial charge in [0.05, 0.1) is 0 Å². The van der Waals surface area contributed by atoms with Crippen LogP contribution in [0, 0.1) is 0 Å². The number of nitrogens with two attached hydrogens (primary N) is 1. The molecular formula is C10H17N3O5. The summed E-state index contributed by atoms with van der Waals surface area (Å²) >= 11 is 0. The number of carboxylic acid groups (broad SMARTS) is 1. The summed E-state index contributed by atoms with van der Waals surface area (Å²) in [4.78, 5) is 43.2. The fourth-order valence-corrected chi connectivity index (χ4v) is 1.16. The summed E-state index contributed by atoms with van der Waals surface area (Å²) in [5, 5.41) is 13.5. The van der Waals surface area contributed by atoms with Gasteiger partial charge in [-0.2, -0.15) is 0 Å². The van der Waals surface area contributed by atoms with Crippen LogP contribution in [-0.4, -0.2) is 41.4 Å². The fourth-order valence-electron chi connectivity index (χ4n) is 1.16. The van der Waals surface area contributed by atoms with Crippen LogP contribution in [0.2, 0.25) is 0 Å². The summed E-state index contributed by atoms with van der Waals surface area (Å²) in [7, 11) is 0. The van der Waals surface area contributed by atoms with E-state index < -0.39 is 23.8 Å². The number of aliphatic carboxylic acids is 1. The Morgan fingerprint density at radius 2 is 1.83 bits per heavy atom. The van der Waals surface area contributed by atoms with Crippen molar-refractivity contribution < 1.29 is 24.3 Å². The molecule has 0 aromatic carbocycles. The van der Waals surface area contributed by atoms with Crippen LogP contribution in [0.4, 0.5) is 0 Å². The Morgan fingerprint density at radius 3 is 2.28 bits per heavy atom. The largest absolute Gasteiger partial charge is 0.480 e. The standard InChI is InChI=1S/C10H17N3O5/c1-6(14)12-5-4-9(16)13-7(10(17)18)2-3-8(11)15/h7H,2-5H2,1H3,(H2,11,15)(H,12,14)(H,13,16)(H,17,18)/t7-/m0/s1. The van der Waals surface area contributed by atoms with Crippen molar-refractivity contribution in [3.8, 4) is 0 Å². The van der Waals surface area contributed by atoms with E-state index in [1.54, 1.807) is 0 Å². The maximum absolute atomic E-state index is 11.3. The lowest BCUT2D eigenvalue weighted by Crippen LogP contribution is -2.42. The molecule has 0 fully saturated rings. The lowest BCUT2D eigenvalue weighted by molar-refractivity contribution is -0.142. The van der Waals surface area contributed by atoms with E-state index in [4.69, 9.17) is 10.8 Å². The molecule has 0 radical (unpaired) electrons. The Kier molecular flexibility index (Phi) is 7.10. The molecule has 0 bridgehead atoms. The van der Waals surface area contributed by atoms with E-state index in [-0.39, 0.29) is 31.7 Å². The lowest BCUT2D eigenvalue weighted by Gasteiger charge is -2.13. The van der Waals surface area contributed by atoms with Gasteiger partial charge in [-0.05, 0) is 6.42 Å². The minimum absolute atomic E-state index is 0.0278. The maximum Gasteiger partial charge on any atom is 0.326 e. The monoisotopic (exact) mass is 259 g/mol. The molecule has 0 spiro atoms. The van der Waals surface area contributed by atoms with Crippen LogP contribution in [0.1, 0.15) is 26.2 Å². The van der Waals surface area contributed by atoms with Crippen molar-refractivity contribution in [2.45, 2.75) is 32.2 Å². The average molecular weight is 259 g/mol. The first-order valence-electron chi connectivity index (χ1n) is 5.38. The molecule has 0 heterocycles. The Morgan fingerprint density at radius 1 is 1.22 bits per heavy atom. The van der Waals surface area contributed by atoms with Crippen LogP contribution >= 0.6 is 0 Å². The van der Waals surface area contributed by atoms with Gasteiger partial charge in [-0.25, -0.2) is 4.79 Å². The fraction of sp³-hybridized carbons (Fsp3) is 0.600. The molecule has 18 heavy (non-hydrogen) atoms. The molecule has 0 aliphatic carbocycles. The number of carboxylic acids is 1. The SMILES string of the molecule is CC(=O)NCCC(=O)N[C@@H](CCC(N)=O)C(=O)O. The van der Waals surface area contributed by atoms with E-state index in [2.05, 4.69) is 10.6 Å². The van der Waals surface area contributed by atoms with Crippen LogP contribution in [0.5, 0.6) is 0 Å². The molecule has 0 rings (SSSR count). The van der Waals surface area contributed by atoms with Gasteiger partial charge in [-0.15, -0.1) is 0 Å². The maximum atomic E-state index is 11.3. The molecule has 0 saturated heterocycles. The summed E-state index contributed by atoms with van der Waals surface area (Å²) < 4.78 is 0. The minimum atomic E-state index is -1.23. The van der Waals surface area contributed by atoms with E-state index in [1.807, 2.05) is 0 Å². The molecular weight excluding hydrogens is 242 g/mol. The predicted octanol–water partition coefficient (Wildman–Crippen LogP) is -1.65. The van der Waals surface area contributed by atoms with Crippen molar-refractivity contribution in [3.05, 3.63) is 0 Å². The first-order valence-corrected chi connectivity index (χ1v) is 5.38. The summed E-state index contributed by atoms with van der Waals surface area (Å²) in [6.07, 6.45) is -0.209. The zero-order valence-electron chi connectivity index (χ0n) is 10.1. The molecule has 0 unspecified atom stereocenters. The molecule has 3 amide bonds. The number of nitrogens with one attached hydrogen (secondary N) is 2. The van der Waals surface area contributed by atoms with Crippen LogP contribution in [0.15, 0.2) is 0 Å². The van der Waals surface area contributed by atoms with Gasteiger partial charge in [0, 0.05) is 26.3 Å². The molecule has 1 atom stereocenters. The second-order valence-corrected chi connectivity index (χ2v) is 3.70. The lowest BCUT2D eigenvalue weighted by atomic mass is 10.1. The van der Waals surface area contributed by atoms with Crippen LogP contribution in [0.3, 0.4) is 0 Å². The summed E-state index contributed by atoms with van der Waals surface area (Å²) in [6, 6.07) is -1.15. The quantitative estimate of drug-likeness (QED) is 0.413. The molecule has 102 valence electrons. The Balaban J connectivity index is 4.07. The number of hydrogen-bond donors (Lipinski definition) is 4. The number of carbonyl (C=O) groups excluding carboxylic acids is 3. The van der Waals surface area contributed by atoms with Crippen molar-refractivity contribution in [2.75, 3.05) is 6.54 Å². The van der Waals surface area contributed by atoms with Gasteiger partial charge >= 0.3 is 5.97 Å². The van der Waals surface area contributed by atoms with Gasteiger partial charge in [-0.1, -0.05) is 0 Å². The van der Waals surface area contributed by atoms with Crippen LogP contribution in [-0.2, 0) is 19.2 Å². The molecule has 0 aromatic rings. The van der Waals surface area contributed by atoms with E-state index >= 15 is 0 Å². The van der Waals surface area contributed by atoms with Crippen molar-refractivity contribution in [2.24, 2.45) is 5.73 Å². The van der Waals surface area contributed by atoms with Crippen molar-refractivity contribution in [1.82, 2.24) is 10.6 Å². The third kappa shape index (κ3) is 8.08. The summed E-state index contributed by atoms with van der Waals surface area (Å²) in [5.41, 5.74) is 4.89. The zero-order valence-corrected chi connectivity index (χ0v) is 10.1. The third-order valence-electron chi connectivity index (χ3n) is 2.04. The highest BCUT2D eigenvalue weighted by molar-refractivity contribution is 5.84. The number of hydrogen-bond acceptors (Lipinski definition) is 4. The van der Waals surface area contributed by atoms with E-state index in [0.29, 0.717) is 0 Å². The zero-order chi connectivity index (χ0) is 14.1.